The number of piperidine rings is 1. The van der Waals surface area contributed by atoms with E-state index in [1.807, 2.05) is 54.6 Å². The third-order valence-corrected chi connectivity index (χ3v) is 5.35. The summed E-state index contributed by atoms with van der Waals surface area (Å²) in [4.78, 5) is 31.8. The summed E-state index contributed by atoms with van der Waals surface area (Å²) in [5.41, 5.74) is 1.64. The summed E-state index contributed by atoms with van der Waals surface area (Å²) in [7, 11) is 1.61. The first-order chi connectivity index (χ1) is 15.2. The zero-order chi connectivity index (χ0) is 21.6. The number of nitrogens with one attached hydrogen (secondary N) is 2. The highest BCUT2D eigenvalue weighted by molar-refractivity contribution is 5.89. The van der Waals surface area contributed by atoms with Gasteiger partial charge in [0.25, 0.3) is 0 Å². The maximum absolute atomic E-state index is 13.1. The molecule has 1 aliphatic heterocycles. The largest absolute Gasteiger partial charge is 0.497 e. The van der Waals surface area contributed by atoms with Crippen LogP contribution < -0.4 is 10.1 Å². The number of hydrogen-bond acceptors (Lipinski definition) is 5. The molecule has 0 bridgehead atoms. The average molecular weight is 419 g/mol. The molecule has 2 N–H and O–H groups in total. The Morgan fingerprint density at radius 2 is 1.94 bits per heavy atom. The molecule has 1 aliphatic rings. The standard InChI is InChI=1S/C23H25N5O3/c1-31-18-12-10-17(11-13-18)22-25-19(26-27-22)15-24-23(30)21(16-7-3-2-4-8-16)28-14-6-5-9-20(28)29/h2-4,7-8,10-13,21H,5-6,9,14-15H2,1H3,(H,24,30)(H,25,26,27). The van der Waals surface area contributed by atoms with Crippen LogP contribution in [-0.4, -0.2) is 45.6 Å². The molecular formula is C23H25N5O3. The Bertz CT molecular complexity index is 1030. The third kappa shape index (κ3) is 4.74. The number of amides is 2. The van der Waals surface area contributed by atoms with Crippen LogP contribution in [0.1, 0.15) is 36.7 Å². The second-order valence-electron chi connectivity index (χ2n) is 7.41. The SMILES string of the molecule is COc1ccc(-c2n[nH]c(CNC(=O)C(c3ccccc3)N3CCCCC3=O)n2)cc1. The molecule has 160 valence electrons. The van der Waals surface area contributed by atoms with Crippen LogP contribution in [-0.2, 0) is 16.1 Å². The minimum Gasteiger partial charge on any atom is -0.497 e. The van der Waals surface area contributed by atoms with Crippen LogP contribution in [0.2, 0.25) is 0 Å². The molecule has 1 atom stereocenters. The average Bonchev–Trinajstić information content (AvgIpc) is 3.29. The minimum absolute atomic E-state index is 0.0108. The maximum Gasteiger partial charge on any atom is 0.247 e. The van der Waals surface area contributed by atoms with Crippen molar-refractivity contribution in [2.45, 2.75) is 31.8 Å². The van der Waals surface area contributed by atoms with E-state index in [4.69, 9.17) is 4.74 Å². The van der Waals surface area contributed by atoms with Gasteiger partial charge in [-0.1, -0.05) is 30.3 Å². The first-order valence-electron chi connectivity index (χ1n) is 10.3. The summed E-state index contributed by atoms with van der Waals surface area (Å²) >= 11 is 0. The number of aromatic amines is 1. The van der Waals surface area contributed by atoms with Gasteiger partial charge in [-0.2, -0.15) is 5.10 Å². The molecule has 0 radical (unpaired) electrons. The maximum atomic E-state index is 13.1. The number of likely N-dealkylation sites (tertiary alicyclic amines) is 1. The van der Waals surface area contributed by atoms with Gasteiger partial charge in [0, 0.05) is 18.5 Å². The highest BCUT2D eigenvalue weighted by Crippen LogP contribution is 2.26. The van der Waals surface area contributed by atoms with Crippen molar-refractivity contribution in [2.24, 2.45) is 0 Å². The molecule has 0 saturated carbocycles. The number of carbonyl (C=O) groups excluding carboxylic acids is 2. The van der Waals surface area contributed by atoms with Crippen LogP contribution in [0.3, 0.4) is 0 Å². The Morgan fingerprint density at radius 1 is 1.16 bits per heavy atom. The molecular weight excluding hydrogens is 394 g/mol. The predicted octanol–water partition coefficient (Wildman–Crippen LogP) is 2.85. The molecule has 0 aliphatic carbocycles. The van der Waals surface area contributed by atoms with Gasteiger partial charge in [0.2, 0.25) is 11.8 Å². The Morgan fingerprint density at radius 3 is 2.65 bits per heavy atom. The predicted molar refractivity (Wildman–Crippen MR) is 115 cm³/mol. The topological polar surface area (TPSA) is 100 Å². The van der Waals surface area contributed by atoms with Crippen LogP contribution >= 0.6 is 0 Å². The molecule has 31 heavy (non-hydrogen) atoms. The van der Waals surface area contributed by atoms with E-state index >= 15 is 0 Å². The van der Waals surface area contributed by atoms with Gasteiger partial charge in [-0.05, 0) is 42.7 Å². The molecule has 2 aromatic carbocycles. The summed E-state index contributed by atoms with van der Waals surface area (Å²) in [6.07, 6.45) is 2.24. The highest BCUT2D eigenvalue weighted by atomic mass is 16.5. The van der Waals surface area contributed by atoms with Gasteiger partial charge in [0.1, 0.15) is 17.6 Å². The number of methoxy groups -OCH3 is 1. The minimum atomic E-state index is -0.655. The van der Waals surface area contributed by atoms with Crippen LogP contribution in [0.15, 0.2) is 54.6 Å². The molecule has 0 spiro atoms. The van der Waals surface area contributed by atoms with Crippen molar-refractivity contribution in [3.63, 3.8) is 0 Å². The van der Waals surface area contributed by atoms with Crippen LogP contribution in [0.5, 0.6) is 5.75 Å². The lowest BCUT2D eigenvalue weighted by Gasteiger charge is -2.34. The molecule has 1 aromatic heterocycles. The Hall–Kier alpha value is -3.68. The fourth-order valence-corrected chi connectivity index (χ4v) is 3.72. The molecule has 8 nitrogen and oxygen atoms in total. The van der Waals surface area contributed by atoms with E-state index in [-0.39, 0.29) is 18.4 Å². The van der Waals surface area contributed by atoms with Gasteiger partial charge in [-0.15, -0.1) is 0 Å². The first-order valence-corrected chi connectivity index (χ1v) is 10.3. The number of nitrogens with zero attached hydrogens (tertiary/aromatic N) is 3. The molecule has 4 rings (SSSR count). The molecule has 3 aromatic rings. The molecule has 1 unspecified atom stereocenters. The summed E-state index contributed by atoms with van der Waals surface area (Å²) in [6, 6.07) is 16.2. The quantitative estimate of drug-likeness (QED) is 0.613. The van der Waals surface area contributed by atoms with Gasteiger partial charge in [0.05, 0.1) is 13.7 Å². The lowest BCUT2D eigenvalue weighted by Crippen LogP contribution is -2.45. The van der Waals surface area contributed by atoms with Gasteiger partial charge in [-0.3, -0.25) is 14.7 Å². The van der Waals surface area contributed by atoms with Crippen molar-refractivity contribution in [3.05, 3.63) is 66.0 Å². The van der Waals surface area contributed by atoms with Crippen LogP contribution in [0, 0.1) is 0 Å². The zero-order valence-electron chi connectivity index (χ0n) is 17.4. The van der Waals surface area contributed by atoms with Crippen LogP contribution in [0.4, 0.5) is 0 Å². The number of hydrogen-bond donors (Lipinski definition) is 2. The van der Waals surface area contributed by atoms with E-state index in [9.17, 15) is 9.59 Å². The molecule has 2 amide bonds. The highest BCUT2D eigenvalue weighted by Gasteiger charge is 2.32. The molecule has 8 heteroatoms. The fraction of sp³-hybridized carbons (Fsp3) is 0.304. The van der Waals surface area contributed by atoms with Crippen molar-refractivity contribution < 1.29 is 14.3 Å². The lowest BCUT2D eigenvalue weighted by molar-refractivity contribution is -0.142. The second kappa shape index (κ2) is 9.42. The summed E-state index contributed by atoms with van der Waals surface area (Å²) < 4.78 is 5.17. The van der Waals surface area contributed by atoms with E-state index in [1.165, 1.54) is 0 Å². The number of benzene rings is 2. The summed E-state index contributed by atoms with van der Waals surface area (Å²) in [5, 5.41) is 10.0. The lowest BCUT2D eigenvalue weighted by atomic mass is 10.0. The summed E-state index contributed by atoms with van der Waals surface area (Å²) in [6.45, 7) is 0.767. The molecule has 1 saturated heterocycles. The van der Waals surface area contributed by atoms with E-state index in [2.05, 4.69) is 20.5 Å². The normalized spacial score (nSPS) is 14.9. The van der Waals surface area contributed by atoms with Gasteiger partial charge >= 0.3 is 0 Å². The summed E-state index contributed by atoms with van der Waals surface area (Å²) in [5.74, 6) is 1.61. The van der Waals surface area contributed by atoms with E-state index in [0.29, 0.717) is 24.6 Å². The molecule has 1 fully saturated rings. The van der Waals surface area contributed by atoms with Crippen molar-refractivity contribution >= 4 is 11.8 Å². The van der Waals surface area contributed by atoms with E-state index < -0.39 is 6.04 Å². The Labute approximate surface area is 180 Å². The van der Waals surface area contributed by atoms with Gasteiger partial charge < -0.3 is 15.0 Å². The van der Waals surface area contributed by atoms with Gasteiger partial charge in [0.15, 0.2) is 5.82 Å². The number of rotatable bonds is 7. The smallest absolute Gasteiger partial charge is 0.247 e. The third-order valence-electron chi connectivity index (χ3n) is 5.35. The second-order valence-corrected chi connectivity index (χ2v) is 7.41. The Balaban J connectivity index is 1.46. The molecule has 2 heterocycles. The van der Waals surface area contributed by atoms with Gasteiger partial charge in [-0.25, -0.2) is 4.98 Å². The van der Waals surface area contributed by atoms with E-state index in [1.54, 1.807) is 12.0 Å². The monoisotopic (exact) mass is 419 g/mol. The number of carbonyl (C=O) groups is 2. The van der Waals surface area contributed by atoms with E-state index in [0.717, 1.165) is 29.7 Å². The number of aromatic nitrogens is 3. The number of H-pyrrole nitrogens is 1. The van der Waals surface area contributed by atoms with Crippen LogP contribution in [0.25, 0.3) is 11.4 Å². The van der Waals surface area contributed by atoms with Crippen molar-refractivity contribution in [1.29, 1.82) is 0 Å². The van der Waals surface area contributed by atoms with Crippen molar-refractivity contribution in [1.82, 2.24) is 25.4 Å². The van der Waals surface area contributed by atoms with Crippen molar-refractivity contribution in [2.75, 3.05) is 13.7 Å². The van der Waals surface area contributed by atoms with Crippen molar-refractivity contribution in [3.8, 4) is 17.1 Å². The Kier molecular flexibility index (Phi) is 6.26. The first kappa shape index (κ1) is 20.6. The zero-order valence-corrected chi connectivity index (χ0v) is 17.4. The fourth-order valence-electron chi connectivity index (χ4n) is 3.72. The number of ether oxygens (including phenoxy) is 1.